The quantitative estimate of drug-likeness (QED) is 0.624. The molecule has 1 aliphatic rings. The molecular formula is C13H15BrO3S. The lowest BCUT2D eigenvalue weighted by molar-refractivity contribution is -0.143. The number of halogens is 1. The van der Waals surface area contributed by atoms with Gasteiger partial charge in [0.15, 0.2) is 0 Å². The zero-order valence-electron chi connectivity index (χ0n) is 9.93. The number of thiophene rings is 1. The molecule has 0 aliphatic carbocycles. The lowest BCUT2D eigenvalue weighted by atomic mass is 10.1. The molecule has 98 valence electrons. The van der Waals surface area contributed by atoms with Gasteiger partial charge in [-0.05, 0) is 53.4 Å². The molecule has 0 aromatic carbocycles. The predicted octanol–water partition coefficient (Wildman–Crippen LogP) is 3.64. The minimum Gasteiger partial charge on any atom is -0.460 e. The molecule has 2 rings (SSSR count). The Kier molecular flexibility index (Phi) is 5.41. The van der Waals surface area contributed by atoms with Crippen molar-refractivity contribution in [1.82, 2.24) is 0 Å². The Labute approximate surface area is 119 Å². The minimum atomic E-state index is -0.311. The van der Waals surface area contributed by atoms with Crippen LogP contribution >= 0.6 is 27.3 Å². The van der Waals surface area contributed by atoms with Crippen LogP contribution in [0.3, 0.4) is 0 Å². The van der Waals surface area contributed by atoms with Gasteiger partial charge in [0.05, 0.1) is 9.89 Å². The predicted molar refractivity (Wildman–Crippen MR) is 75.6 cm³/mol. The average molecular weight is 331 g/mol. The number of hydrogen-bond acceptors (Lipinski definition) is 4. The Morgan fingerprint density at radius 1 is 1.56 bits per heavy atom. The van der Waals surface area contributed by atoms with Gasteiger partial charge in [0.2, 0.25) is 0 Å². The van der Waals surface area contributed by atoms with Crippen LogP contribution in [0.1, 0.15) is 24.1 Å². The van der Waals surface area contributed by atoms with E-state index in [1.165, 1.54) is 6.08 Å². The van der Waals surface area contributed by atoms with Crippen LogP contribution in [0, 0.1) is 0 Å². The smallest absolute Gasteiger partial charge is 0.330 e. The lowest BCUT2D eigenvalue weighted by Gasteiger charge is -2.21. The highest BCUT2D eigenvalue weighted by atomic mass is 79.9. The third-order valence-electron chi connectivity index (χ3n) is 2.66. The molecule has 1 aliphatic heterocycles. The third kappa shape index (κ3) is 4.55. The fourth-order valence-corrected chi connectivity index (χ4v) is 3.06. The first-order valence-corrected chi connectivity index (χ1v) is 7.57. The molecule has 0 saturated carbocycles. The van der Waals surface area contributed by atoms with Gasteiger partial charge in [-0.2, -0.15) is 0 Å². The van der Waals surface area contributed by atoms with E-state index < -0.39 is 0 Å². The Morgan fingerprint density at radius 2 is 2.44 bits per heavy atom. The second-order valence-corrected chi connectivity index (χ2v) is 6.59. The second kappa shape index (κ2) is 7.07. The van der Waals surface area contributed by atoms with E-state index in [2.05, 4.69) is 15.9 Å². The van der Waals surface area contributed by atoms with Gasteiger partial charge in [0, 0.05) is 17.6 Å². The largest absolute Gasteiger partial charge is 0.460 e. The van der Waals surface area contributed by atoms with Crippen LogP contribution in [-0.4, -0.2) is 25.3 Å². The van der Waals surface area contributed by atoms with Gasteiger partial charge in [-0.1, -0.05) is 0 Å². The summed E-state index contributed by atoms with van der Waals surface area (Å²) in [6, 6.07) is 3.90. The molecule has 1 aromatic heterocycles. The first-order valence-electron chi connectivity index (χ1n) is 5.96. The van der Waals surface area contributed by atoms with E-state index in [4.69, 9.17) is 9.47 Å². The highest BCUT2D eigenvalue weighted by Gasteiger charge is 2.15. The van der Waals surface area contributed by atoms with Crippen molar-refractivity contribution in [3.63, 3.8) is 0 Å². The molecule has 5 heteroatoms. The van der Waals surface area contributed by atoms with Gasteiger partial charge in [-0.25, -0.2) is 4.79 Å². The molecule has 0 spiro atoms. The van der Waals surface area contributed by atoms with Crippen LogP contribution in [0.4, 0.5) is 0 Å². The van der Waals surface area contributed by atoms with E-state index in [0.717, 1.165) is 34.5 Å². The van der Waals surface area contributed by atoms with Crippen molar-refractivity contribution in [1.29, 1.82) is 0 Å². The van der Waals surface area contributed by atoms with E-state index in [9.17, 15) is 4.79 Å². The van der Waals surface area contributed by atoms with Crippen LogP contribution in [0.5, 0.6) is 0 Å². The number of carbonyl (C=O) groups is 1. The van der Waals surface area contributed by atoms with Crippen LogP contribution in [0.25, 0.3) is 6.08 Å². The number of carbonyl (C=O) groups excluding carboxylic acids is 1. The second-order valence-electron chi connectivity index (χ2n) is 4.09. The normalized spacial score (nSPS) is 20.2. The van der Waals surface area contributed by atoms with E-state index in [-0.39, 0.29) is 12.1 Å². The standard InChI is InChI=1S/C13H15BrO3S/c14-12-6-4-11(18-12)5-7-13(15)17-9-10-3-1-2-8-16-10/h4-7,10H,1-3,8-9H2/b7-5+. The van der Waals surface area contributed by atoms with E-state index in [0.29, 0.717) is 6.61 Å². The highest BCUT2D eigenvalue weighted by Crippen LogP contribution is 2.23. The van der Waals surface area contributed by atoms with Gasteiger partial charge >= 0.3 is 5.97 Å². The molecule has 3 nitrogen and oxygen atoms in total. The first-order chi connectivity index (χ1) is 8.74. The maximum absolute atomic E-state index is 11.5. The minimum absolute atomic E-state index is 0.0759. The summed E-state index contributed by atoms with van der Waals surface area (Å²) in [5.74, 6) is -0.311. The Morgan fingerprint density at radius 3 is 3.11 bits per heavy atom. The SMILES string of the molecule is O=C(/C=C/c1ccc(Br)s1)OCC1CCCCO1. The van der Waals surface area contributed by atoms with Gasteiger partial charge in [0.25, 0.3) is 0 Å². The summed E-state index contributed by atoms with van der Waals surface area (Å²) in [5, 5.41) is 0. The summed E-state index contributed by atoms with van der Waals surface area (Å²) in [7, 11) is 0. The zero-order valence-corrected chi connectivity index (χ0v) is 12.3. The van der Waals surface area contributed by atoms with E-state index in [1.807, 2.05) is 12.1 Å². The summed E-state index contributed by atoms with van der Waals surface area (Å²) in [4.78, 5) is 12.5. The molecule has 1 unspecified atom stereocenters. The summed E-state index contributed by atoms with van der Waals surface area (Å²) in [6.07, 6.45) is 6.54. The number of hydrogen-bond donors (Lipinski definition) is 0. The van der Waals surface area contributed by atoms with Gasteiger partial charge in [-0.3, -0.25) is 0 Å². The summed E-state index contributed by atoms with van der Waals surface area (Å²) in [6.45, 7) is 1.14. The molecule has 0 radical (unpaired) electrons. The average Bonchev–Trinajstić information content (AvgIpc) is 2.81. The molecule has 0 amide bonds. The number of rotatable bonds is 4. The van der Waals surface area contributed by atoms with Crippen molar-refractivity contribution in [2.45, 2.75) is 25.4 Å². The maximum atomic E-state index is 11.5. The molecule has 0 N–H and O–H groups in total. The van der Waals surface area contributed by atoms with Crippen molar-refractivity contribution in [2.24, 2.45) is 0 Å². The molecule has 1 atom stereocenters. The van der Waals surface area contributed by atoms with Crippen molar-refractivity contribution >= 4 is 39.3 Å². The fraction of sp³-hybridized carbons (Fsp3) is 0.462. The van der Waals surface area contributed by atoms with Crippen molar-refractivity contribution in [3.8, 4) is 0 Å². The summed E-state index contributed by atoms with van der Waals surface area (Å²) >= 11 is 4.95. The lowest BCUT2D eigenvalue weighted by Crippen LogP contribution is -2.25. The van der Waals surface area contributed by atoms with Crippen molar-refractivity contribution in [2.75, 3.05) is 13.2 Å². The molecular weight excluding hydrogens is 316 g/mol. The topological polar surface area (TPSA) is 35.5 Å². The van der Waals surface area contributed by atoms with Gasteiger partial charge in [0.1, 0.15) is 6.61 Å². The summed E-state index contributed by atoms with van der Waals surface area (Å²) < 4.78 is 11.7. The van der Waals surface area contributed by atoms with Crippen molar-refractivity contribution in [3.05, 3.63) is 26.9 Å². The maximum Gasteiger partial charge on any atom is 0.330 e. The number of ether oxygens (including phenoxy) is 2. The highest BCUT2D eigenvalue weighted by molar-refractivity contribution is 9.11. The van der Waals surface area contributed by atoms with Crippen molar-refractivity contribution < 1.29 is 14.3 Å². The van der Waals surface area contributed by atoms with Gasteiger partial charge < -0.3 is 9.47 Å². The molecule has 0 bridgehead atoms. The molecule has 1 saturated heterocycles. The Balaban J connectivity index is 1.73. The number of esters is 1. The monoisotopic (exact) mass is 330 g/mol. The van der Waals surface area contributed by atoms with Crippen LogP contribution in [-0.2, 0) is 14.3 Å². The van der Waals surface area contributed by atoms with Gasteiger partial charge in [-0.15, -0.1) is 11.3 Å². The van der Waals surface area contributed by atoms with Crippen LogP contribution in [0.2, 0.25) is 0 Å². The zero-order chi connectivity index (χ0) is 12.8. The molecule has 2 heterocycles. The molecule has 1 fully saturated rings. The molecule has 1 aromatic rings. The fourth-order valence-electron chi connectivity index (χ4n) is 1.73. The van der Waals surface area contributed by atoms with Crippen LogP contribution < -0.4 is 0 Å². The Hall–Kier alpha value is -0.650. The van der Waals surface area contributed by atoms with E-state index >= 15 is 0 Å². The molecule has 18 heavy (non-hydrogen) atoms. The van der Waals surface area contributed by atoms with Crippen LogP contribution in [0.15, 0.2) is 22.0 Å². The Bertz CT molecular complexity index is 422. The van der Waals surface area contributed by atoms with E-state index in [1.54, 1.807) is 17.4 Å². The first kappa shape index (κ1) is 13.8. The third-order valence-corrected chi connectivity index (χ3v) is 4.25. The summed E-state index contributed by atoms with van der Waals surface area (Å²) in [5.41, 5.74) is 0.